The Morgan fingerprint density at radius 1 is 0.938 bits per heavy atom. The first-order valence-corrected chi connectivity index (χ1v) is 6.56. The molecule has 2 aromatic carbocycles. The minimum atomic E-state index is -3.23. The minimum absolute atomic E-state index is 0.0395. The lowest BCUT2D eigenvalue weighted by molar-refractivity contribution is 0.595. The molecule has 0 bridgehead atoms. The van der Waals surface area contributed by atoms with Crippen LogP contribution in [0.3, 0.4) is 0 Å². The molecule has 16 heavy (non-hydrogen) atoms. The molecule has 0 fully saturated rings. The molecule has 1 radical (unpaired) electrons. The van der Waals surface area contributed by atoms with Gasteiger partial charge in [-0.1, -0.05) is 42.5 Å². The van der Waals surface area contributed by atoms with Crippen molar-refractivity contribution < 1.29 is 8.42 Å². The Labute approximate surface area is 95.5 Å². The summed E-state index contributed by atoms with van der Waals surface area (Å²) in [5.41, 5.74) is 0.801. The van der Waals surface area contributed by atoms with Crippen LogP contribution in [0.2, 0.25) is 0 Å². The predicted molar refractivity (Wildman–Crippen MR) is 62.6 cm³/mol. The van der Waals surface area contributed by atoms with Gasteiger partial charge in [-0.2, -0.15) is 0 Å². The average Bonchev–Trinajstić information content (AvgIpc) is 2.31. The van der Waals surface area contributed by atoms with Gasteiger partial charge in [-0.15, -0.1) is 0 Å². The summed E-state index contributed by atoms with van der Waals surface area (Å²) in [6.07, 6.45) is 0. The van der Waals surface area contributed by atoms with Gasteiger partial charge in [0, 0.05) is 0 Å². The standard InChI is InChI=1S/C13H11O2S/c14-16(15,13-9-5-2-6-10-13)11-12-7-3-1-4-8-12/h1,3-10H,11H2. The molecule has 0 aromatic heterocycles. The normalized spacial score (nSPS) is 11.2. The van der Waals surface area contributed by atoms with Crippen molar-refractivity contribution >= 4 is 9.84 Å². The summed E-state index contributed by atoms with van der Waals surface area (Å²) in [7, 11) is -3.23. The van der Waals surface area contributed by atoms with Crippen molar-refractivity contribution in [1.82, 2.24) is 0 Å². The van der Waals surface area contributed by atoms with E-state index in [2.05, 4.69) is 6.07 Å². The highest BCUT2D eigenvalue weighted by molar-refractivity contribution is 7.90. The highest BCUT2D eigenvalue weighted by Crippen LogP contribution is 2.15. The molecular formula is C13H11O2S. The third-order valence-corrected chi connectivity index (χ3v) is 3.95. The lowest BCUT2D eigenvalue weighted by atomic mass is 10.2. The van der Waals surface area contributed by atoms with E-state index in [0.717, 1.165) is 5.56 Å². The minimum Gasteiger partial charge on any atom is -0.223 e. The zero-order chi connectivity index (χ0) is 11.4. The Balaban J connectivity index is 2.29. The largest absolute Gasteiger partial charge is 0.223 e. The van der Waals surface area contributed by atoms with Gasteiger partial charge in [0.25, 0.3) is 0 Å². The molecule has 2 aromatic rings. The molecule has 0 aliphatic rings. The predicted octanol–water partition coefficient (Wildman–Crippen LogP) is 2.46. The Kier molecular flexibility index (Phi) is 3.06. The van der Waals surface area contributed by atoms with Gasteiger partial charge in [0.1, 0.15) is 0 Å². The third-order valence-electron chi connectivity index (χ3n) is 2.25. The van der Waals surface area contributed by atoms with E-state index in [-0.39, 0.29) is 5.75 Å². The van der Waals surface area contributed by atoms with Crippen molar-refractivity contribution in [1.29, 1.82) is 0 Å². The van der Waals surface area contributed by atoms with Crippen LogP contribution in [0.5, 0.6) is 0 Å². The van der Waals surface area contributed by atoms with E-state index in [9.17, 15) is 8.42 Å². The first-order chi connectivity index (χ1) is 7.68. The Morgan fingerprint density at radius 2 is 1.56 bits per heavy atom. The van der Waals surface area contributed by atoms with E-state index < -0.39 is 9.84 Å². The summed E-state index contributed by atoms with van der Waals surface area (Å²) >= 11 is 0. The van der Waals surface area contributed by atoms with E-state index in [0.29, 0.717) is 4.90 Å². The maximum atomic E-state index is 12.0. The Morgan fingerprint density at radius 3 is 2.19 bits per heavy atom. The van der Waals surface area contributed by atoms with E-state index in [1.807, 2.05) is 30.3 Å². The molecule has 2 rings (SSSR count). The maximum absolute atomic E-state index is 12.0. The zero-order valence-corrected chi connectivity index (χ0v) is 9.44. The zero-order valence-electron chi connectivity index (χ0n) is 8.63. The van der Waals surface area contributed by atoms with Crippen molar-refractivity contribution in [3.05, 3.63) is 66.2 Å². The molecule has 0 atom stereocenters. The summed E-state index contributed by atoms with van der Waals surface area (Å²) in [5, 5.41) is 0. The molecule has 0 saturated heterocycles. The van der Waals surface area contributed by atoms with Gasteiger partial charge in [0.15, 0.2) is 9.84 Å². The third kappa shape index (κ3) is 2.49. The number of hydrogen-bond donors (Lipinski definition) is 0. The van der Waals surface area contributed by atoms with Gasteiger partial charge in [-0.25, -0.2) is 8.42 Å². The van der Waals surface area contributed by atoms with Gasteiger partial charge in [-0.3, -0.25) is 0 Å². The van der Waals surface area contributed by atoms with Crippen LogP contribution in [0.25, 0.3) is 0 Å². The monoisotopic (exact) mass is 231 g/mol. The molecule has 3 heteroatoms. The summed E-state index contributed by atoms with van der Waals surface area (Å²) < 4.78 is 24.0. The quantitative estimate of drug-likeness (QED) is 0.813. The molecule has 0 amide bonds. The molecule has 0 aliphatic carbocycles. The smallest absolute Gasteiger partial charge is 0.182 e. The average molecular weight is 231 g/mol. The summed E-state index contributed by atoms with van der Waals surface area (Å²) in [6, 6.07) is 18.3. The second-order valence-corrected chi connectivity index (χ2v) is 5.47. The fraction of sp³-hybridized carbons (Fsp3) is 0.0769. The molecule has 2 nitrogen and oxygen atoms in total. The maximum Gasteiger partial charge on any atom is 0.182 e. The SMILES string of the molecule is O=S(=O)(Cc1ccccc1)c1cc[c]cc1. The molecule has 81 valence electrons. The van der Waals surface area contributed by atoms with Crippen LogP contribution in [0.4, 0.5) is 0 Å². The number of hydrogen-bond acceptors (Lipinski definition) is 2. The van der Waals surface area contributed by atoms with E-state index in [4.69, 9.17) is 0 Å². The van der Waals surface area contributed by atoms with Crippen LogP contribution in [-0.2, 0) is 15.6 Å². The first kappa shape index (κ1) is 10.9. The van der Waals surface area contributed by atoms with Crippen LogP contribution in [0, 0.1) is 6.07 Å². The van der Waals surface area contributed by atoms with Crippen LogP contribution in [0.1, 0.15) is 5.56 Å². The fourth-order valence-corrected chi connectivity index (χ4v) is 2.80. The van der Waals surface area contributed by atoms with Crippen molar-refractivity contribution in [2.75, 3.05) is 0 Å². The van der Waals surface area contributed by atoms with Gasteiger partial charge in [0.2, 0.25) is 0 Å². The second-order valence-electron chi connectivity index (χ2n) is 3.48. The summed E-state index contributed by atoms with van der Waals surface area (Å²) in [6.45, 7) is 0. The lowest BCUT2D eigenvalue weighted by Crippen LogP contribution is -2.04. The molecule has 0 aliphatic heterocycles. The van der Waals surface area contributed by atoms with E-state index >= 15 is 0 Å². The topological polar surface area (TPSA) is 34.1 Å². The Bertz CT molecular complexity index is 545. The van der Waals surface area contributed by atoms with Crippen molar-refractivity contribution in [3.63, 3.8) is 0 Å². The van der Waals surface area contributed by atoms with Gasteiger partial charge in [0.05, 0.1) is 10.6 Å². The molecule has 0 unspecified atom stereocenters. The highest BCUT2D eigenvalue weighted by atomic mass is 32.2. The van der Waals surface area contributed by atoms with Crippen molar-refractivity contribution in [2.45, 2.75) is 10.6 Å². The van der Waals surface area contributed by atoms with E-state index in [1.54, 1.807) is 24.3 Å². The van der Waals surface area contributed by atoms with Crippen LogP contribution >= 0.6 is 0 Å². The van der Waals surface area contributed by atoms with Gasteiger partial charge >= 0.3 is 0 Å². The van der Waals surface area contributed by atoms with Crippen LogP contribution in [-0.4, -0.2) is 8.42 Å². The van der Waals surface area contributed by atoms with E-state index in [1.165, 1.54) is 0 Å². The fourth-order valence-electron chi connectivity index (χ4n) is 1.46. The molecule has 0 N–H and O–H groups in total. The number of rotatable bonds is 3. The number of benzene rings is 2. The first-order valence-electron chi connectivity index (χ1n) is 4.91. The summed E-state index contributed by atoms with van der Waals surface area (Å²) in [4.78, 5) is 0.343. The highest BCUT2D eigenvalue weighted by Gasteiger charge is 2.13. The van der Waals surface area contributed by atoms with Gasteiger partial charge < -0.3 is 0 Å². The molecular weight excluding hydrogens is 220 g/mol. The van der Waals surface area contributed by atoms with Crippen molar-refractivity contribution in [2.24, 2.45) is 0 Å². The van der Waals surface area contributed by atoms with Crippen LogP contribution in [0.15, 0.2) is 59.5 Å². The molecule has 0 spiro atoms. The van der Waals surface area contributed by atoms with Gasteiger partial charge in [-0.05, 0) is 23.8 Å². The van der Waals surface area contributed by atoms with Crippen LogP contribution < -0.4 is 0 Å². The second kappa shape index (κ2) is 4.49. The number of sulfone groups is 1. The van der Waals surface area contributed by atoms with Crippen molar-refractivity contribution in [3.8, 4) is 0 Å². The Hall–Kier alpha value is -1.61. The molecule has 0 saturated carbocycles. The lowest BCUT2D eigenvalue weighted by Gasteiger charge is -2.03. The molecule has 0 heterocycles. The summed E-state index contributed by atoms with van der Waals surface area (Å²) in [5.74, 6) is 0.0395.